The van der Waals surface area contributed by atoms with Crippen molar-refractivity contribution in [1.82, 2.24) is 0 Å². The predicted octanol–water partition coefficient (Wildman–Crippen LogP) is 5.12. The summed E-state index contributed by atoms with van der Waals surface area (Å²) in [7, 11) is 1.72. The van der Waals surface area contributed by atoms with Crippen LogP contribution >= 0.6 is 11.6 Å². The Hall–Kier alpha value is -1.51. The van der Waals surface area contributed by atoms with E-state index >= 15 is 0 Å². The molecule has 0 radical (unpaired) electrons. The highest BCUT2D eigenvalue weighted by atomic mass is 35.5. The van der Waals surface area contributed by atoms with Crippen molar-refractivity contribution in [3.8, 4) is 16.9 Å². The summed E-state index contributed by atoms with van der Waals surface area (Å²) < 4.78 is 11.1. The summed E-state index contributed by atoms with van der Waals surface area (Å²) in [6.45, 7) is 5.53. The zero-order valence-corrected chi connectivity index (χ0v) is 14.2. The fourth-order valence-electron chi connectivity index (χ4n) is 2.59. The van der Waals surface area contributed by atoms with Gasteiger partial charge in [-0.1, -0.05) is 30.3 Å². The van der Waals surface area contributed by atoms with Crippen LogP contribution in [0.5, 0.6) is 5.75 Å². The lowest BCUT2D eigenvalue weighted by Gasteiger charge is -2.16. The Morgan fingerprint density at radius 3 is 2.32 bits per heavy atom. The quantitative estimate of drug-likeness (QED) is 0.521. The van der Waals surface area contributed by atoms with Crippen molar-refractivity contribution in [3.05, 3.63) is 53.1 Å². The fraction of sp³-hybridized carbons (Fsp3) is 0.368. The minimum absolute atomic E-state index is 0.622. The van der Waals surface area contributed by atoms with Gasteiger partial charge < -0.3 is 9.47 Å². The average Bonchev–Trinajstić information content (AvgIpc) is 2.52. The van der Waals surface area contributed by atoms with Crippen molar-refractivity contribution in [3.63, 3.8) is 0 Å². The van der Waals surface area contributed by atoms with Crippen LogP contribution in [-0.4, -0.2) is 19.6 Å². The molecule has 0 fully saturated rings. The Morgan fingerprint density at radius 2 is 1.64 bits per heavy atom. The molecule has 22 heavy (non-hydrogen) atoms. The molecule has 0 amide bonds. The largest absolute Gasteiger partial charge is 0.493 e. The summed E-state index contributed by atoms with van der Waals surface area (Å²) in [5.41, 5.74) is 6.07. The van der Waals surface area contributed by atoms with Crippen LogP contribution < -0.4 is 4.74 Å². The van der Waals surface area contributed by atoms with Crippen LogP contribution in [-0.2, 0) is 11.3 Å². The second-order valence-corrected chi connectivity index (χ2v) is 5.72. The molecule has 0 N–H and O–H groups in total. The smallest absolute Gasteiger partial charge is 0.122 e. The molecule has 3 heteroatoms. The molecule has 0 aliphatic carbocycles. The number of hydrogen-bond donors (Lipinski definition) is 0. The molecule has 2 nitrogen and oxygen atoms in total. The molecule has 0 heterocycles. The van der Waals surface area contributed by atoms with E-state index in [-0.39, 0.29) is 0 Å². The standard InChI is InChI=1S/C19H23ClO2/c1-14-16(13-21-3)7-4-8-17(14)18-9-5-10-19(15(18)2)22-12-6-11-20/h4-5,7-10H,6,11-13H2,1-3H3. The summed E-state index contributed by atoms with van der Waals surface area (Å²) in [5, 5.41) is 0. The van der Waals surface area contributed by atoms with Crippen LogP contribution in [0.1, 0.15) is 23.1 Å². The first-order chi connectivity index (χ1) is 10.7. The molecule has 0 bridgehead atoms. The van der Waals surface area contributed by atoms with Crippen LogP contribution in [0.3, 0.4) is 0 Å². The number of ether oxygens (including phenoxy) is 2. The molecule has 0 aliphatic rings. The predicted molar refractivity (Wildman–Crippen MR) is 92.9 cm³/mol. The SMILES string of the molecule is COCc1cccc(-c2cccc(OCCCCl)c2C)c1C. The fourth-order valence-corrected chi connectivity index (χ4v) is 2.70. The van der Waals surface area contributed by atoms with E-state index in [0.717, 1.165) is 17.7 Å². The molecule has 0 saturated carbocycles. The van der Waals surface area contributed by atoms with E-state index in [4.69, 9.17) is 21.1 Å². The van der Waals surface area contributed by atoms with Crippen molar-refractivity contribution in [2.24, 2.45) is 0 Å². The van der Waals surface area contributed by atoms with Gasteiger partial charge in [0.2, 0.25) is 0 Å². The van der Waals surface area contributed by atoms with Crippen molar-refractivity contribution >= 4 is 11.6 Å². The van der Waals surface area contributed by atoms with Crippen molar-refractivity contribution in [1.29, 1.82) is 0 Å². The van der Waals surface area contributed by atoms with E-state index in [1.807, 2.05) is 12.1 Å². The summed E-state index contributed by atoms with van der Waals surface area (Å²) in [5.74, 6) is 1.55. The van der Waals surface area contributed by atoms with Crippen LogP contribution in [0, 0.1) is 13.8 Å². The maximum atomic E-state index is 5.85. The maximum Gasteiger partial charge on any atom is 0.122 e. The first-order valence-corrected chi connectivity index (χ1v) is 8.08. The normalized spacial score (nSPS) is 10.7. The molecule has 0 saturated heterocycles. The lowest BCUT2D eigenvalue weighted by atomic mass is 9.93. The summed E-state index contributed by atoms with van der Waals surface area (Å²) in [4.78, 5) is 0. The van der Waals surface area contributed by atoms with E-state index in [0.29, 0.717) is 19.1 Å². The molecule has 0 aliphatic heterocycles. The maximum absolute atomic E-state index is 5.85. The van der Waals surface area contributed by atoms with Crippen molar-refractivity contribution < 1.29 is 9.47 Å². The Kier molecular flexibility index (Phi) is 6.29. The van der Waals surface area contributed by atoms with Gasteiger partial charge in [-0.2, -0.15) is 0 Å². The molecular formula is C19H23ClO2. The van der Waals surface area contributed by atoms with Crippen LogP contribution in [0.4, 0.5) is 0 Å². The van der Waals surface area contributed by atoms with Gasteiger partial charge in [0, 0.05) is 13.0 Å². The number of alkyl halides is 1. The summed E-state index contributed by atoms with van der Waals surface area (Å²) in [6.07, 6.45) is 0.855. The Morgan fingerprint density at radius 1 is 0.955 bits per heavy atom. The number of rotatable bonds is 7. The third-order valence-electron chi connectivity index (χ3n) is 3.86. The van der Waals surface area contributed by atoms with Gasteiger partial charge in [-0.25, -0.2) is 0 Å². The van der Waals surface area contributed by atoms with Crippen LogP contribution in [0.2, 0.25) is 0 Å². The number of benzene rings is 2. The van der Waals surface area contributed by atoms with Gasteiger partial charge in [-0.05, 0) is 54.2 Å². The minimum atomic E-state index is 0.622. The van der Waals surface area contributed by atoms with Crippen LogP contribution in [0.15, 0.2) is 36.4 Å². The molecule has 2 aromatic rings. The second-order valence-electron chi connectivity index (χ2n) is 5.34. The van der Waals surface area contributed by atoms with E-state index < -0.39 is 0 Å². The Bertz CT molecular complexity index is 623. The highest BCUT2D eigenvalue weighted by Crippen LogP contribution is 2.33. The second kappa shape index (κ2) is 8.21. The number of methoxy groups -OCH3 is 1. The third kappa shape index (κ3) is 3.82. The van der Waals surface area contributed by atoms with Gasteiger partial charge in [-0.15, -0.1) is 11.6 Å². The monoisotopic (exact) mass is 318 g/mol. The van der Waals surface area contributed by atoms with E-state index in [1.54, 1.807) is 7.11 Å². The van der Waals surface area contributed by atoms with Gasteiger partial charge >= 0.3 is 0 Å². The van der Waals surface area contributed by atoms with E-state index in [2.05, 4.69) is 38.1 Å². The molecule has 0 aromatic heterocycles. The minimum Gasteiger partial charge on any atom is -0.493 e. The zero-order valence-electron chi connectivity index (χ0n) is 13.5. The average molecular weight is 319 g/mol. The van der Waals surface area contributed by atoms with Gasteiger partial charge in [0.15, 0.2) is 0 Å². The van der Waals surface area contributed by atoms with Gasteiger partial charge in [0.1, 0.15) is 5.75 Å². The topological polar surface area (TPSA) is 18.5 Å². The van der Waals surface area contributed by atoms with Crippen molar-refractivity contribution in [2.75, 3.05) is 19.6 Å². The lowest BCUT2D eigenvalue weighted by Crippen LogP contribution is -2.01. The molecule has 0 atom stereocenters. The molecule has 0 spiro atoms. The lowest BCUT2D eigenvalue weighted by molar-refractivity contribution is 0.184. The molecular weight excluding hydrogens is 296 g/mol. The Balaban J connectivity index is 2.37. The zero-order chi connectivity index (χ0) is 15.9. The number of hydrogen-bond acceptors (Lipinski definition) is 2. The Labute approximate surface area is 138 Å². The van der Waals surface area contributed by atoms with Gasteiger partial charge in [0.25, 0.3) is 0 Å². The third-order valence-corrected chi connectivity index (χ3v) is 4.12. The van der Waals surface area contributed by atoms with Gasteiger partial charge in [0.05, 0.1) is 13.2 Å². The van der Waals surface area contributed by atoms with Crippen LogP contribution in [0.25, 0.3) is 11.1 Å². The summed E-state index contributed by atoms with van der Waals surface area (Å²) >= 11 is 5.71. The van der Waals surface area contributed by atoms with E-state index in [9.17, 15) is 0 Å². The van der Waals surface area contributed by atoms with Gasteiger partial charge in [-0.3, -0.25) is 0 Å². The molecule has 0 unspecified atom stereocenters. The highest BCUT2D eigenvalue weighted by Gasteiger charge is 2.11. The molecule has 2 aromatic carbocycles. The summed E-state index contributed by atoms with van der Waals surface area (Å²) in [6, 6.07) is 12.5. The van der Waals surface area contributed by atoms with E-state index in [1.165, 1.54) is 22.3 Å². The molecule has 118 valence electrons. The van der Waals surface area contributed by atoms with Crippen molar-refractivity contribution in [2.45, 2.75) is 26.9 Å². The highest BCUT2D eigenvalue weighted by molar-refractivity contribution is 6.17. The molecule has 2 rings (SSSR count). The first-order valence-electron chi connectivity index (χ1n) is 7.55. The first kappa shape index (κ1) is 16.9. The number of halogens is 1.